The molecule has 0 spiro atoms. The van der Waals surface area contributed by atoms with Crippen molar-refractivity contribution in [2.24, 2.45) is 0 Å². The van der Waals surface area contributed by atoms with Crippen LogP contribution in [-0.2, 0) is 0 Å². The van der Waals surface area contributed by atoms with Crippen LogP contribution in [0.3, 0.4) is 0 Å². The van der Waals surface area contributed by atoms with Gasteiger partial charge < -0.3 is 5.32 Å². The molecule has 4 heteroatoms. The van der Waals surface area contributed by atoms with Crippen LogP contribution in [0.15, 0.2) is 36.5 Å². The van der Waals surface area contributed by atoms with Gasteiger partial charge in [0.25, 0.3) is 0 Å². The van der Waals surface area contributed by atoms with Gasteiger partial charge in [0.1, 0.15) is 5.82 Å². The van der Waals surface area contributed by atoms with Crippen molar-refractivity contribution in [2.75, 3.05) is 12.4 Å². The van der Waals surface area contributed by atoms with Crippen molar-refractivity contribution in [1.29, 1.82) is 0 Å². The molecule has 0 aliphatic rings. The first kappa shape index (κ1) is 10.9. The molecule has 0 unspecified atom stereocenters. The third-order valence-corrected chi connectivity index (χ3v) is 2.55. The summed E-state index contributed by atoms with van der Waals surface area (Å²) in [5.41, 5.74) is 2.50. The van der Waals surface area contributed by atoms with E-state index in [0.717, 1.165) is 16.9 Å². The zero-order valence-electron chi connectivity index (χ0n) is 8.67. The molecule has 1 N–H and O–H groups in total. The minimum absolute atomic E-state index is 0.106. The molecule has 0 amide bonds. The Hall–Kier alpha value is -1.61. The lowest BCUT2D eigenvalue weighted by atomic mass is 10.1. The van der Waals surface area contributed by atoms with E-state index in [-0.39, 0.29) is 5.02 Å². The minimum Gasteiger partial charge on any atom is -0.388 e. The predicted molar refractivity (Wildman–Crippen MR) is 64.2 cm³/mol. The Labute approximate surface area is 98.1 Å². The van der Waals surface area contributed by atoms with Gasteiger partial charge in [0.15, 0.2) is 0 Å². The molecular formula is C12H10ClFN2. The van der Waals surface area contributed by atoms with Gasteiger partial charge in [0, 0.05) is 24.5 Å². The molecule has 0 fully saturated rings. The SMILES string of the molecule is CNc1ccnc(-c2ccc(F)c(Cl)c2)c1. The van der Waals surface area contributed by atoms with Gasteiger partial charge in [-0.25, -0.2) is 4.39 Å². The summed E-state index contributed by atoms with van der Waals surface area (Å²) in [5.74, 6) is -0.421. The van der Waals surface area contributed by atoms with E-state index in [4.69, 9.17) is 11.6 Å². The van der Waals surface area contributed by atoms with Gasteiger partial charge in [-0.1, -0.05) is 11.6 Å². The summed E-state index contributed by atoms with van der Waals surface area (Å²) in [7, 11) is 1.83. The quantitative estimate of drug-likeness (QED) is 0.862. The van der Waals surface area contributed by atoms with Crippen molar-refractivity contribution in [3.05, 3.63) is 47.4 Å². The molecule has 0 saturated carbocycles. The number of nitrogens with one attached hydrogen (secondary N) is 1. The fourth-order valence-corrected chi connectivity index (χ4v) is 1.58. The number of nitrogens with zero attached hydrogens (tertiary/aromatic N) is 1. The molecule has 1 aromatic carbocycles. The lowest BCUT2D eigenvalue weighted by molar-refractivity contribution is 0.628. The molecule has 2 nitrogen and oxygen atoms in total. The molecule has 1 aromatic heterocycles. The Morgan fingerprint density at radius 2 is 2.06 bits per heavy atom. The largest absolute Gasteiger partial charge is 0.388 e. The van der Waals surface area contributed by atoms with E-state index in [1.165, 1.54) is 6.07 Å². The van der Waals surface area contributed by atoms with Crippen molar-refractivity contribution in [3.8, 4) is 11.3 Å². The van der Waals surface area contributed by atoms with Gasteiger partial charge in [-0.05, 0) is 30.3 Å². The second-order valence-electron chi connectivity index (χ2n) is 3.31. The number of hydrogen-bond donors (Lipinski definition) is 1. The number of halogens is 2. The average molecular weight is 237 g/mol. The maximum Gasteiger partial charge on any atom is 0.141 e. The first-order valence-corrected chi connectivity index (χ1v) is 5.18. The smallest absolute Gasteiger partial charge is 0.141 e. The number of aromatic nitrogens is 1. The van der Waals surface area contributed by atoms with Crippen LogP contribution in [0.25, 0.3) is 11.3 Å². The second kappa shape index (κ2) is 4.49. The first-order chi connectivity index (χ1) is 7.70. The van der Waals surface area contributed by atoms with Crippen LogP contribution in [0.4, 0.5) is 10.1 Å². The Bertz CT molecular complexity index is 514. The number of benzene rings is 1. The summed E-state index contributed by atoms with van der Waals surface area (Å²) in [6, 6.07) is 8.30. The number of hydrogen-bond acceptors (Lipinski definition) is 2. The highest BCUT2D eigenvalue weighted by molar-refractivity contribution is 6.31. The van der Waals surface area contributed by atoms with Gasteiger partial charge in [0.2, 0.25) is 0 Å². The fraction of sp³-hybridized carbons (Fsp3) is 0.0833. The molecule has 0 radical (unpaired) electrons. The lowest BCUT2D eigenvalue weighted by Gasteiger charge is -2.04. The van der Waals surface area contributed by atoms with Gasteiger partial charge in [-0.2, -0.15) is 0 Å². The van der Waals surface area contributed by atoms with E-state index in [0.29, 0.717) is 0 Å². The number of anilines is 1. The molecule has 0 aliphatic carbocycles. The molecule has 82 valence electrons. The first-order valence-electron chi connectivity index (χ1n) is 4.80. The van der Waals surface area contributed by atoms with Crippen LogP contribution in [0.2, 0.25) is 5.02 Å². The molecule has 16 heavy (non-hydrogen) atoms. The highest BCUT2D eigenvalue weighted by atomic mass is 35.5. The molecule has 1 heterocycles. The average Bonchev–Trinajstić information content (AvgIpc) is 2.33. The highest BCUT2D eigenvalue weighted by Gasteiger charge is 2.04. The molecule has 0 atom stereocenters. The number of pyridine rings is 1. The van der Waals surface area contributed by atoms with Crippen molar-refractivity contribution >= 4 is 17.3 Å². The van der Waals surface area contributed by atoms with E-state index < -0.39 is 5.82 Å². The number of rotatable bonds is 2. The zero-order chi connectivity index (χ0) is 11.5. The Kier molecular flexibility index (Phi) is 3.06. The molecule has 0 bridgehead atoms. The lowest BCUT2D eigenvalue weighted by Crippen LogP contribution is -1.90. The topological polar surface area (TPSA) is 24.9 Å². The normalized spacial score (nSPS) is 10.2. The Morgan fingerprint density at radius 1 is 1.25 bits per heavy atom. The summed E-state index contributed by atoms with van der Waals surface area (Å²) in [4.78, 5) is 4.21. The van der Waals surface area contributed by atoms with E-state index in [9.17, 15) is 4.39 Å². The van der Waals surface area contributed by atoms with E-state index in [1.807, 2.05) is 19.2 Å². The molecule has 0 aliphatic heterocycles. The summed E-state index contributed by atoms with van der Waals surface area (Å²) < 4.78 is 13.0. The Balaban J connectivity index is 2.46. The van der Waals surface area contributed by atoms with Crippen molar-refractivity contribution in [3.63, 3.8) is 0 Å². The van der Waals surface area contributed by atoms with Crippen LogP contribution < -0.4 is 5.32 Å². The summed E-state index contributed by atoms with van der Waals surface area (Å²) >= 11 is 5.72. The molecular weight excluding hydrogens is 227 g/mol. The van der Waals surface area contributed by atoms with Crippen LogP contribution in [0, 0.1) is 5.82 Å². The van der Waals surface area contributed by atoms with E-state index in [2.05, 4.69) is 10.3 Å². The Morgan fingerprint density at radius 3 is 2.75 bits per heavy atom. The molecule has 2 aromatic rings. The van der Waals surface area contributed by atoms with Crippen molar-refractivity contribution in [1.82, 2.24) is 4.98 Å². The third kappa shape index (κ3) is 2.14. The summed E-state index contributed by atoms with van der Waals surface area (Å²) in [6.45, 7) is 0. The zero-order valence-corrected chi connectivity index (χ0v) is 9.42. The van der Waals surface area contributed by atoms with Crippen LogP contribution >= 0.6 is 11.6 Å². The fourth-order valence-electron chi connectivity index (χ4n) is 1.40. The molecule has 2 rings (SSSR count). The van der Waals surface area contributed by atoms with Gasteiger partial charge in [0.05, 0.1) is 10.7 Å². The molecule has 0 saturated heterocycles. The van der Waals surface area contributed by atoms with Gasteiger partial charge in [-0.15, -0.1) is 0 Å². The monoisotopic (exact) mass is 236 g/mol. The highest BCUT2D eigenvalue weighted by Crippen LogP contribution is 2.24. The second-order valence-corrected chi connectivity index (χ2v) is 3.72. The van der Waals surface area contributed by atoms with E-state index in [1.54, 1.807) is 18.3 Å². The van der Waals surface area contributed by atoms with Gasteiger partial charge in [-0.3, -0.25) is 4.98 Å². The van der Waals surface area contributed by atoms with Crippen LogP contribution in [-0.4, -0.2) is 12.0 Å². The third-order valence-electron chi connectivity index (χ3n) is 2.26. The summed E-state index contributed by atoms with van der Waals surface area (Å²) in [6.07, 6.45) is 1.69. The van der Waals surface area contributed by atoms with Crippen LogP contribution in [0.1, 0.15) is 0 Å². The summed E-state index contributed by atoms with van der Waals surface area (Å²) in [5, 5.41) is 3.12. The predicted octanol–water partition coefficient (Wildman–Crippen LogP) is 3.58. The van der Waals surface area contributed by atoms with Crippen molar-refractivity contribution < 1.29 is 4.39 Å². The maximum atomic E-state index is 13.0. The standard InChI is InChI=1S/C12H10ClFN2/c1-15-9-4-5-16-12(7-9)8-2-3-11(14)10(13)6-8/h2-7H,1H3,(H,15,16). The van der Waals surface area contributed by atoms with Crippen molar-refractivity contribution in [2.45, 2.75) is 0 Å². The van der Waals surface area contributed by atoms with Gasteiger partial charge >= 0.3 is 0 Å². The minimum atomic E-state index is -0.421. The maximum absolute atomic E-state index is 13.0. The van der Waals surface area contributed by atoms with Crippen LogP contribution in [0.5, 0.6) is 0 Å². The van der Waals surface area contributed by atoms with E-state index >= 15 is 0 Å².